The van der Waals surface area contributed by atoms with Gasteiger partial charge in [-0.05, 0) is 0 Å². The number of halogens is 2. The van der Waals surface area contributed by atoms with Gasteiger partial charge in [0.15, 0.2) is 5.43 Å². The molecule has 5 nitrogen and oxygen atoms in total. The van der Waals surface area contributed by atoms with Crippen LogP contribution in [0.25, 0.3) is 0 Å². The molecule has 0 radical (unpaired) electrons. The Morgan fingerprint density at radius 2 is 2.24 bits per heavy atom. The largest absolute Gasteiger partial charge is 0.469 e. The van der Waals surface area contributed by atoms with Gasteiger partial charge < -0.3 is 15.5 Å². The van der Waals surface area contributed by atoms with E-state index in [0.29, 0.717) is 0 Å². The molecule has 0 atom stereocenters. The summed E-state index contributed by atoms with van der Waals surface area (Å²) >= 11 is 0. The number of H-pyrrole nitrogens is 1. The third kappa shape index (κ3) is 3.10. The molecule has 17 heavy (non-hydrogen) atoms. The van der Waals surface area contributed by atoms with Crippen LogP contribution in [-0.2, 0) is 22.5 Å². The lowest BCUT2D eigenvalue weighted by atomic mass is 10.1. The fraction of sp³-hybridized carbons (Fsp3) is 0.400. The van der Waals surface area contributed by atoms with Crippen molar-refractivity contribution in [2.45, 2.75) is 19.4 Å². The summed E-state index contributed by atoms with van der Waals surface area (Å²) in [5, 5.41) is 0. The van der Waals surface area contributed by atoms with Gasteiger partial charge in [-0.2, -0.15) is 0 Å². The van der Waals surface area contributed by atoms with Crippen molar-refractivity contribution in [1.82, 2.24) is 4.98 Å². The summed E-state index contributed by atoms with van der Waals surface area (Å²) < 4.78 is 29.5. The van der Waals surface area contributed by atoms with Crippen LogP contribution in [0.5, 0.6) is 0 Å². The van der Waals surface area contributed by atoms with Crippen LogP contribution >= 0.6 is 0 Å². The van der Waals surface area contributed by atoms with E-state index in [0.717, 1.165) is 6.07 Å². The van der Waals surface area contributed by atoms with Gasteiger partial charge in [-0.3, -0.25) is 9.59 Å². The lowest BCUT2D eigenvalue weighted by molar-refractivity contribution is -0.139. The molecule has 0 amide bonds. The summed E-state index contributed by atoms with van der Waals surface area (Å²) in [5.41, 5.74) is 3.92. The molecule has 0 unspecified atom stereocenters. The number of hydrogen-bond donors (Lipinski definition) is 2. The fourth-order valence-corrected chi connectivity index (χ4v) is 1.41. The van der Waals surface area contributed by atoms with E-state index in [-0.39, 0.29) is 24.4 Å². The van der Waals surface area contributed by atoms with Crippen molar-refractivity contribution in [3.63, 3.8) is 0 Å². The molecule has 0 saturated carbocycles. The summed E-state index contributed by atoms with van der Waals surface area (Å²) in [6, 6.07) is 0.956. The second-order valence-electron chi connectivity index (χ2n) is 3.31. The molecule has 1 rings (SSSR count). The average Bonchev–Trinajstić information content (AvgIpc) is 2.27. The highest BCUT2D eigenvalue weighted by atomic mass is 19.3. The number of methoxy groups -OCH3 is 1. The minimum Gasteiger partial charge on any atom is -0.469 e. The number of nitrogens with two attached hydrogens (primary N) is 1. The lowest BCUT2D eigenvalue weighted by Gasteiger charge is -2.09. The Labute approximate surface area is 95.6 Å². The highest BCUT2D eigenvalue weighted by Crippen LogP contribution is 2.18. The van der Waals surface area contributed by atoms with E-state index < -0.39 is 23.4 Å². The maximum atomic E-state index is 12.6. The number of ether oxygens (including phenoxy) is 1. The predicted octanol–water partition coefficient (Wildman–Crippen LogP) is 0.487. The molecule has 0 aliphatic rings. The Hall–Kier alpha value is -1.76. The van der Waals surface area contributed by atoms with E-state index in [4.69, 9.17) is 5.73 Å². The number of aromatic amines is 1. The van der Waals surface area contributed by atoms with Crippen molar-refractivity contribution in [2.24, 2.45) is 5.73 Å². The van der Waals surface area contributed by atoms with E-state index in [9.17, 15) is 18.4 Å². The average molecular weight is 246 g/mol. The molecule has 1 heterocycles. The molecule has 0 fully saturated rings. The first-order chi connectivity index (χ1) is 7.99. The zero-order valence-corrected chi connectivity index (χ0v) is 9.13. The highest BCUT2D eigenvalue weighted by molar-refractivity contribution is 5.71. The van der Waals surface area contributed by atoms with Crippen LogP contribution in [0.15, 0.2) is 10.9 Å². The smallest absolute Gasteiger partial charge is 0.311 e. The van der Waals surface area contributed by atoms with Gasteiger partial charge in [0.25, 0.3) is 6.43 Å². The van der Waals surface area contributed by atoms with Crippen molar-refractivity contribution in [3.8, 4) is 0 Å². The quantitative estimate of drug-likeness (QED) is 0.757. The SMILES string of the molecule is COC(=O)Cc1cc(=O)c(C(F)F)c(CN)[nH]1. The van der Waals surface area contributed by atoms with Crippen LogP contribution in [0.2, 0.25) is 0 Å². The Balaban J connectivity index is 3.18. The van der Waals surface area contributed by atoms with Crippen LogP contribution in [-0.4, -0.2) is 18.1 Å². The normalized spacial score (nSPS) is 10.6. The minimum atomic E-state index is -2.90. The number of rotatable bonds is 4. The number of pyridine rings is 1. The number of carbonyl (C=O) groups is 1. The zero-order chi connectivity index (χ0) is 13.0. The molecule has 0 aromatic carbocycles. The van der Waals surface area contributed by atoms with Gasteiger partial charge in [-0.1, -0.05) is 0 Å². The first kappa shape index (κ1) is 13.3. The molecule has 7 heteroatoms. The number of alkyl halides is 2. The topological polar surface area (TPSA) is 85.2 Å². The van der Waals surface area contributed by atoms with Gasteiger partial charge in [-0.25, -0.2) is 8.78 Å². The van der Waals surface area contributed by atoms with Crippen LogP contribution in [0, 0.1) is 0 Å². The maximum absolute atomic E-state index is 12.6. The molecule has 1 aromatic heterocycles. The van der Waals surface area contributed by atoms with Crippen molar-refractivity contribution in [3.05, 3.63) is 33.2 Å². The van der Waals surface area contributed by atoms with Crippen molar-refractivity contribution >= 4 is 5.97 Å². The number of nitrogens with one attached hydrogen (secondary N) is 1. The summed E-state index contributed by atoms with van der Waals surface area (Å²) in [6.07, 6.45) is -3.09. The Morgan fingerprint density at radius 3 is 2.71 bits per heavy atom. The molecule has 0 bridgehead atoms. The van der Waals surface area contributed by atoms with Crippen LogP contribution in [0.3, 0.4) is 0 Å². The van der Waals surface area contributed by atoms with Crippen molar-refractivity contribution < 1.29 is 18.3 Å². The van der Waals surface area contributed by atoms with E-state index in [1.165, 1.54) is 7.11 Å². The molecule has 0 aliphatic carbocycles. The number of hydrogen-bond acceptors (Lipinski definition) is 4. The summed E-state index contributed by atoms with van der Waals surface area (Å²) in [6.45, 7) is -0.232. The molecular formula is C10H12F2N2O3. The monoisotopic (exact) mass is 246 g/mol. The summed E-state index contributed by atoms with van der Waals surface area (Å²) in [4.78, 5) is 25.0. The predicted molar refractivity (Wildman–Crippen MR) is 55.6 cm³/mol. The van der Waals surface area contributed by atoms with E-state index in [1.54, 1.807) is 0 Å². The third-order valence-electron chi connectivity index (χ3n) is 2.19. The second kappa shape index (κ2) is 5.53. The minimum absolute atomic E-state index is 0.0635. The van der Waals surface area contributed by atoms with Gasteiger partial charge in [-0.15, -0.1) is 0 Å². The maximum Gasteiger partial charge on any atom is 0.311 e. The molecule has 0 spiro atoms. The van der Waals surface area contributed by atoms with E-state index in [2.05, 4.69) is 9.72 Å². The molecule has 0 saturated heterocycles. The molecular weight excluding hydrogens is 234 g/mol. The number of esters is 1. The lowest BCUT2D eigenvalue weighted by Crippen LogP contribution is -2.20. The Bertz CT molecular complexity index is 471. The number of carbonyl (C=O) groups excluding carboxylic acids is 1. The molecule has 3 N–H and O–H groups in total. The molecule has 1 aromatic rings. The van der Waals surface area contributed by atoms with Gasteiger partial charge in [0.2, 0.25) is 0 Å². The van der Waals surface area contributed by atoms with Gasteiger partial charge in [0, 0.05) is 24.0 Å². The summed E-state index contributed by atoms with van der Waals surface area (Å²) in [5.74, 6) is -0.576. The Morgan fingerprint density at radius 1 is 1.59 bits per heavy atom. The van der Waals surface area contributed by atoms with Crippen molar-refractivity contribution in [2.75, 3.05) is 7.11 Å². The molecule has 94 valence electrons. The second-order valence-corrected chi connectivity index (χ2v) is 3.31. The molecule has 0 aliphatic heterocycles. The van der Waals surface area contributed by atoms with Crippen molar-refractivity contribution in [1.29, 1.82) is 0 Å². The van der Waals surface area contributed by atoms with E-state index >= 15 is 0 Å². The third-order valence-corrected chi connectivity index (χ3v) is 2.19. The highest BCUT2D eigenvalue weighted by Gasteiger charge is 2.18. The van der Waals surface area contributed by atoms with Crippen LogP contribution in [0.1, 0.15) is 23.4 Å². The Kier molecular flexibility index (Phi) is 4.33. The van der Waals surface area contributed by atoms with Crippen LogP contribution < -0.4 is 11.2 Å². The van der Waals surface area contributed by atoms with Gasteiger partial charge in [0.1, 0.15) is 0 Å². The van der Waals surface area contributed by atoms with Gasteiger partial charge in [0.05, 0.1) is 19.1 Å². The van der Waals surface area contributed by atoms with Gasteiger partial charge >= 0.3 is 5.97 Å². The first-order valence-electron chi connectivity index (χ1n) is 4.79. The number of aromatic nitrogens is 1. The first-order valence-corrected chi connectivity index (χ1v) is 4.79. The summed E-state index contributed by atoms with van der Waals surface area (Å²) in [7, 11) is 1.19. The fourth-order valence-electron chi connectivity index (χ4n) is 1.41. The van der Waals surface area contributed by atoms with Crippen LogP contribution in [0.4, 0.5) is 8.78 Å². The zero-order valence-electron chi connectivity index (χ0n) is 9.13. The van der Waals surface area contributed by atoms with E-state index in [1.807, 2.05) is 0 Å². The standard InChI is InChI=1S/C10H12F2N2O3/c1-17-8(16)3-5-2-7(15)9(10(11)12)6(4-13)14-5/h2,10H,3-4,13H2,1H3,(H,14,15).